The van der Waals surface area contributed by atoms with Crippen molar-refractivity contribution in [2.24, 2.45) is 5.92 Å². The first-order valence-corrected chi connectivity index (χ1v) is 5.74. The normalized spacial score (nSPS) is 14.1. The molecule has 1 aromatic rings. The Bertz CT molecular complexity index is 421. The summed E-state index contributed by atoms with van der Waals surface area (Å²) in [4.78, 5) is 11.2. The summed E-state index contributed by atoms with van der Waals surface area (Å²) in [5.74, 6) is -2.85. The lowest BCUT2D eigenvalue weighted by Gasteiger charge is -2.18. The fraction of sp³-hybridized carbons (Fsp3) is 0.462. The number of benzene rings is 1. The molecule has 0 radical (unpaired) electrons. The Kier molecular flexibility index (Phi) is 5.22. The Morgan fingerprint density at radius 1 is 1.39 bits per heavy atom. The number of aliphatic hydroxyl groups excluding tert-OH is 1. The Hall–Kier alpha value is -1.49. The van der Waals surface area contributed by atoms with Crippen LogP contribution in [0.1, 0.15) is 31.9 Å². The lowest BCUT2D eigenvalue weighted by atomic mass is 9.94. The van der Waals surface area contributed by atoms with Crippen LogP contribution in [-0.4, -0.2) is 17.7 Å². The van der Waals surface area contributed by atoms with Gasteiger partial charge < -0.3 is 9.84 Å². The minimum absolute atomic E-state index is 0.0218. The van der Waals surface area contributed by atoms with E-state index in [0.29, 0.717) is 0 Å². The van der Waals surface area contributed by atoms with Crippen LogP contribution < -0.4 is 0 Å². The van der Waals surface area contributed by atoms with Crippen LogP contribution in [0.3, 0.4) is 0 Å². The molecule has 0 aliphatic rings. The van der Waals surface area contributed by atoms with Gasteiger partial charge in [-0.1, -0.05) is 13.0 Å². The molecule has 0 spiro atoms. The lowest BCUT2D eigenvalue weighted by Crippen LogP contribution is -2.16. The molecule has 2 atom stereocenters. The van der Waals surface area contributed by atoms with Gasteiger partial charge in [-0.25, -0.2) is 8.78 Å². The molecule has 3 nitrogen and oxygen atoms in total. The molecule has 0 aromatic heterocycles. The van der Waals surface area contributed by atoms with Gasteiger partial charge in [0.1, 0.15) is 0 Å². The van der Waals surface area contributed by atoms with Gasteiger partial charge in [-0.3, -0.25) is 4.79 Å². The highest BCUT2D eigenvalue weighted by Crippen LogP contribution is 2.25. The van der Waals surface area contributed by atoms with Crippen molar-refractivity contribution in [1.29, 1.82) is 0 Å². The summed E-state index contributed by atoms with van der Waals surface area (Å²) < 4.78 is 30.5. The summed E-state index contributed by atoms with van der Waals surface area (Å²) in [5, 5.41) is 9.92. The molecule has 0 saturated carbocycles. The van der Waals surface area contributed by atoms with E-state index in [1.54, 1.807) is 13.8 Å². The van der Waals surface area contributed by atoms with Crippen LogP contribution in [0, 0.1) is 17.6 Å². The Balaban J connectivity index is 2.70. The topological polar surface area (TPSA) is 46.5 Å². The Labute approximate surface area is 104 Å². The Morgan fingerprint density at radius 3 is 2.61 bits per heavy atom. The molecule has 1 N–H and O–H groups in total. The van der Waals surface area contributed by atoms with E-state index in [4.69, 9.17) is 4.74 Å². The molecule has 0 aliphatic heterocycles. The van der Waals surface area contributed by atoms with Gasteiger partial charge in [-0.2, -0.15) is 0 Å². The number of carbonyl (C=O) groups excluding carboxylic acids is 1. The van der Waals surface area contributed by atoms with Crippen LogP contribution in [-0.2, 0) is 9.53 Å². The van der Waals surface area contributed by atoms with Crippen LogP contribution in [0.25, 0.3) is 0 Å². The monoisotopic (exact) mass is 258 g/mol. The number of rotatable bonds is 5. The number of ether oxygens (including phenoxy) is 1. The largest absolute Gasteiger partial charge is 0.466 e. The maximum atomic E-state index is 13.0. The van der Waals surface area contributed by atoms with E-state index in [0.717, 1.165) is 12.1 Å². The van der Waals surface area contributed by atoms with E-state index in [1.807, 2.05) is 0 Å². The average Bonchev–Trinajstić information content (AvgIpc) is 2.32. The second-order valence-electron chi connectivity index (χ2n) is 4.10. The number of esters is 1. The first-order chi connectivity index (χ1) is 8.45. The SMILES string of the molecule is CCOC(=O)CC(C)C(O)c1ccc(F)c(F)c1. The molecule has 0 bridgehead atoms. The minimum Gasteiger partial charge on any atom is -0.466 e. The van der Waals surface area contributed by atoms with Crippen LogP contribution in [0.4, 0.5) is 8.78 Å². The quantitative estimate of drug-likeness (QED) is 0.826. The number of aliphatic hydroxyl groups is 1. The first-order valence-electron chi connectivity index (χ1n) is 5.74. The van der Waals surface area contributed by atoms with Crippen LogP contribution in [0.2, 0.25) is 0 Å². The van der Waals surface area contributed by atoms with Crippen molar-refractivity contribution in [3.8, 4) is 0 Å². The zero-order valence-electron chi connectivity index (χ0n) is 10.3. The van der Waals surface area contributed by atoms with Gasteiger partial charge in [0.2, 0.25) is 0 Å². The number of carbonyl (C=O) groups is 1. The molecule has 5 heteroatoms. The van der Waals surface area contributed by atoms with Crippen molar-refractivity contribution in [3.05, 3.63) is 35.4 Å². The van der Waals surface area contributed by atoms with Crippen molar-refractivity contribution in [1.82, 2.24) is 0 Å². The molecule has 0 aliphatic carbocycles. The molecule has 0 saturated heterocycles. The highest BCUT2D eigenvalue weighted by molar-refractivity contribution is 5.69. The van der Waals surface area contributed by atoms with E-state index < -0.39 is 29.6 Å². The van der Waals surface area contributed by atoms with E-state index in [9.17, 15) is 18.7 Å². The molecule has 0 amide bonds. The molecule has 18 heavy (non-hydrogen) atoms. The zero-order valence-corrected chi connectivity index (χ0v) is 10.3. The zero-order chi connectivity index (χ0) is 13.7. The Morgan fingerprint density at radius 2 is 2.06 bits per heavy atom. The van der Waals surface area contributed by atoms with Gasteiger partial charge in [0.05, 0.1) is 19.1 Å². The number of hydrogen-bond acceptors (Lipinski definition) is 3. The summed E-state index contributed by atoms with van der Waals surface area (Å²) in [6, 6.07) is 3.18. The summed E-state index contributed by atoms with van der Waals surface area (Å²) in [6.45, 7) is 3.60. The third-order valence-electron chi connectivity index (χ3n) is 2.62. The van der Waals surface area contributed by atoms with E-state index in [2.05, 4.69) is 0 Å². The predicted molar refractivity (Wildman–Crippen MR) is 61.7 cm³/mol. The van der Waals surface area contributed by atoms with Gasteiger partial charge in [-0.15, -0.1) is 0 Å². The van der Waals surface area contributed by atoms with Crippen molar-refractivity contribution < 1.29 is 23.4 Å². The van der Waals surface area contributed by atoms with Crippen molar-refractivity contribution in [3.63, 3.8) is 0 Å². The predicted octanol–water partition coefficient (Wildman–Crippen LogP) is 2.59. The van der Waals surface area contributed by atoms with Crippen molar-refractivity contribution in [2.45, 2.75) is 26.4 Å². The minimum atomic E-state index is -1.04. The van der Waals surface area contributed by atoms with E-state index in [1.165, 1.54) is 6.07 Å². The van der Waals surface area contributed by atoms with E-state index in [-0.39, 0.29) is 18.6 Å². The van der Waals surface area contributed by atoms with Crippen molar-refractivity contribution in [2.75, 3.05) is 6.61 Å². The average molecular weight is 258 g/mol. The summed E-state index contributed by atoms with van der Waals surface area (Å²) in [6.07, 6.45) is -1.02. The number of halogens is 2. The van der Waals surface area contributed by atoms with E-state index >= 15 is 0 Å². The van der Waals surface area contributed by atoms with Crippen molar-refractivity contribution >= 4 is 5.97 Å². The molecule has 100 valence electrons. The van der Waals surface area contributed by atoms with Gasteiger partial charge >= 0.3 is 5.97 Å². The molecule has 0 heterocycles. The third-order valence-corrected chi connectivity index (χ3v) is 2.62. The maximum absolute atomic E-state index is 13.0. The molecule has 0 fully saturated rings. The molecular formula is C13H16F2O3. The maximum Gasteiger partial charge on any atom is 0.306 e. The highest BCUT2D eigenvalue weighted by Gasteiger charge is 2.21. The highest BCUT2D eigenvalue weighted by atomic mass is 19.2. The lowest BCUT2D eigenvalue weighted by molar-refractivity contribution is -0.145. The van der Waals surface area contributed by atoms with Crippen LogP contribution in [0.5, 0.6) is 0 Å². The summed E-state index contributed by atoms with van der Waals surface area (Å²) >= 11 is 0. The van der Waals surface area contributed by atoms with Crippen LogP contribution >= 0.6 is 0 Å². The number of hydrogen-bond donors (Lipinski definition) is 1. The summed E-state index contributed by atoms with van der Waals surface area (Å²) in [7, 11) is 0. The van der Waals surface area contributed by atoms with Gasteiger partial charge in [0.25, 0.3) is 0 Å². The first kappa shape index (κ1) is 14.6. The smallest absolute Gasteiger partial charge is 0.306 e. The fourth-order valence-corrected chi connectivity index (χ4v) is 1.62. The van der Waals surface area contributed by atoms with Crippen LogP contribution in [0.15, 0.2) is 18.2 Å². The second kappa shape index (κ2) is 6.44. The molecular weight excluding hydrogens is 242 g/mol. The van der Waals surface area contributed by atoms with Gasteiger partial charge in [0.15, 0.2) is 11.6 Å². The standard InChI is InChI=1S/C13H16F2O3/c1-3-18-12(16)6-8(2)13(17)9-4-5-10(14)11(15)7-9/h4-5,7-8,13,17H,3,6H2,1-2H3. The molecule has 1 rings (SSSR count). The third kappa shape index (κ3) is 3.77. The summed E-state index contributed by atoms with van der Waals surface area (Å²) in [5.41, 5.74) is 0.241. The van der Waals surface area contributed by atoms with Gasteiger partial charge in [-0.05, 0) is 30.5 Å². The second-order valence-corrected chi connectivity index (χ2v) is 4.10. The van der Waals surface area contributed by atoms with Gasteiger partial charge in [0, 0.05) is 0 Å². The molecule has 1 aromatic carbocycles. The molecule has 2 unspecified atom stereocenters. The fourth-order valence-electron chi connectivity index (χ4n) is 1.62.